The van der Waals surface area contributed by atoms with E-state index in [4.69, 9.17) is 0 Å². The van der Waals surface area contributed by atoms with E-state index in [2.05, 4.69) is 6.92 Å². The zero-order valence-corrected chi connectivity index (χ0v) is 15.1. The normalized spacial score (nSPS) is 55.5. The smallest absolute Gasteiger partial charge is 0.173 e. The molecule has 0 amide bonds. The van der Waals surface area contributed by atoms with Crippen LogP contribution in [-0.2, 0) is 9.59 Å². The van der Waals surface area contributed by atoms with Crippen LogP contribution in [-0.4, -0.2) is 40.7 Å². The molecule has 0 bridgehead atoms. The van der Waals surface area contributed by atoms with E-state index in [9.17, 15) is 24.2 Å². The van der Waals surface area contributed by atoms with Gasteiger partial charge in [0.15, 0.2) is 12.0 Å². The summed E-state index contributed by atoms with van der Waals surface area (Å²) in [5, 5.41) is 21.1. The fourth-order valence-electron chi connectivity index (χ4n) is 7.23. The highest BCUT2D eigenvalue weighted by molar-refractivity contribution is 5.91. The van der Waals surface area contributed by atoms with E-state index in [1.165, 1.54) is 0 Å². The van der Waals surface area contributed by atoms with E-state index in [0.29, 0.717) is 19.3 Å². The molecule has 0 radical (unpaired) electrons. The molecule has 4 nitrogen and oxygen atoms in total. The largest absolute Gasteiger partial charge is 0.396 e. The maximum Gasteiger partial charge on any atom is 0.173 e. The number of halogens is 1. The van der Waals surface area contributed by atoms with Gasteiger partial charge in [-0.3, -0.25) is 9.59 Å². The quantitative estimate of drug-likeness (QED) is 0.759. The summed E-state index contributed by atoms with van der Waals surface area (Å²) in [4.78, 5) is 24.5. The van der Waals surface area contributed by atoms with Crippen LogP contribution in [0.5, 0.6) is 0 Å². The first kappa shape index (κ1) is 17.6. The van der Waals surface area contributed by atoms with Crippen molar-refractivity contribution in [2.45, 2.75) is 64.6 Å². The highest BCUT2D eigenvalue weighted by atomic mass is 19.1. The van der Waals surface area contributed by atoms with Gasteiger partial charge in [0, 0.05) is 30.8 Å². The number of aliphatic hydroxyl groups excluding tert-OH is 2. The van der Waals surface area contributed by atoms with Crippen LogP contribution < -0.4 is 0 Å². The monoisotopic (exact) mass is 352 g/mol. The predicted octanol–water partition coefficient (Wildman–Crippen LogP) is 2.30. The first-order valence-corrected chi connectivity index (χ1v) is 9.73. The molecule has 4 rings (SSSR count). The van der Waals surface area contributed by atoms with Crippen LogP contribution in [0.2, 0.25) is 0 Å². The number of carbonyl (C=O) groups excluding carboxylic acids is 2. The van der Waals surface area contributed by atoms with Crippen LogP contribution in [0.4, 0.5) is 4.39 Å². The Balaban J connectivity index is 1.76. The summed E-state index contributed by atoms with van der Waals surface area (Å²) in [7, 11) is 0. The van der Waals surface area contributed by atoms with E-state index < -0.39 is 17.7 Å². The Morgan fingerprint density at radius 3 is 2.56 bits per heavy atom. The Kier molecular flexibility index (Phi) is 3.94. The van der Waals surface area contributed by atoms with Crippen LogP contribution in [0.3, 0.4) is 0 Å². The standard InChI is InChI=1S/C20H29FO4/c1-19-5-3-10(23)7-13(19)11(9-22)17(24)16-12(19)4-6-20(2)14(16)8-15(21)18(20)25/h11-17,22,24H,3-9H2,1-2H3. The maximum absolute atomic E-state index is 14.3. The Bertz CT molecular complexity index is 607. The second-order valence-electron chi connectivity index (χ2n) is 9.51. The number of alkyl halides is 1. The number of aliphatic hydroxyl groups is 2. The maximum atomic E-state index is 14.3. The molecule has 0 spiro atoms. The zero-order chi connectivity index (χ0) is 18.1. The first-order valence-electron chi connectivity index (χ1n) is 9.73. The van der Waals surface area contributed by atoms with Gasteiger partial charge in [0.25, 0.3) is 0 Å². The molecule has 4 saturated carbocycles. The fourth-order valence-corrected chi connectivity index (χ4v) is 7.23. The lowest BCUT2D eigenvalue weighted by Crippen LogP contribution is -2.62. The van der Waals surface area contributed by atoms with Gasteiger partial charge in [-0.25, -0.2) is 4.39 Å². The molecule has 0 saturated heterocycles. The summed E-state index contributed by atoms with van der Waals surface area (Å²) in [6.07, 6.45) is 1.24. The summed E-state index contributed by atoms with van der Waals surface area (Å²) in [5.41, 5.74) is -0.806. The molecule has 0 aromatic rings. The van der Waals surface area contributed by atoms with Crippen LogP contribution in [0, 0.1) is 40.4 Å². The molecular weight excluding hydrogens is 323 g/mol. The molecule has 25 heavy (non-hydrogen) atoms. The molecule has 9 unspecified atom stereocenters. The molecule has 2 N–H and O–H groups in total. The van der Waals surface area contributed by atoms with Crippen molar-refractivity contribution in [3.63, 3.8) is 0 Å². The van der Waals surface area contributed by atoms with Gasteiger partial charge in [0.1, 0.15) is 5.78 Å². The molecule has 5 heteroatoms. The second kappa shape index (κ2) is 5.59. The summed E-state index contributed by atoms with van der Waals surface area (Å²) >= 11 is 0. The fraction of sp³-hybridized carbons (Fsp3) is 0.900. The summed E-state index contributed by atoms with van der Waals surface area (Å²) in [6, 6.07) is 0. The van der Waals surface area contributed by atoms with Crippen molar-refractivity contribution < 1.29 is 24.2 Å². The van der Waals surface area contributed by atoms with E-state index in [1.807, 2.05) is 6.92 Å². The highest BCUT2D eigenvalue weighted by Crippen LogP contribution is 2.66. The van der Waals surface area contributed by atoms with E-state index in [-0.39, 0.29) is 59.6 Å². The molecule has 4 fully saturated rings. The Morgan fingerprint density at radius 1 is 1.16 bits per heavy atom. The topological polar surface area (TPSA) is 74.6 Å². The lowest BCUT2D eigenvalue weighted by Gasteiger charge is -2.62. The molecule has 0 heterocycles. The minimum Gasteiger partial charge on any atom is -0.396 e. The molecule has 0 aromatic carbocycles. The van der Waals surface area contributed by atoms with E-state index in [1.54, 1.807) is 0 Å². The van der Waals surface area contributed by atoms with Gasteiger partial charge < -0.3 is 10.2 Å². The number of hydrogen-bond donors (Lipinski definition) is 2. The van der Waals surface area contributed by atoms with Crippen molar-refractivity contribution in [3.05, 3.63) is 0 Å². The summed E-state index contributed by atoms with van der Waals surface area (Å²) < 4.78 is 14.3. The van der Waals surface area contributed by atoms with Crippen molar-refractivity contribution >= 4 is 11.6 Å². The van der Waals surface area contributed by atoms with Gasteiger partial charge in [-0.2, -0.15) is 0 Å². The van der Waals surface area contributed by atoms with Gasteiger partial charge in [-0.05, 0) is 54.8 Å². The molecular formula is C20H29FO4. The minimum absolute atomic E-state index is 0.0161. The second-order valence-corrected chi connectivity index (χ2v) is 9.51. The van der Waals surface area contributed by atoms with Crippen LogP contribution in [0.1, 0.15) is 52.4 Å². The van der Waals surface area contributed by atoms with Crippen molar-refractivity contribution in [2.75, 3.05) is 6.61 Å². The van der Waals surface area contributed by atoms with Crippen molar-refractivity contribution in [1.29, 1.82) is 0 Å². The number of ketones is 2. The van der Waals surface area contributed by atoms with Crippen LogP contribution >= 0.6 is 0 Å². The minimum atomic E-state index is -1.42. The number of fused-ring (bicyclic) bond motifs is 5. The Morgan fingerprint density at radius 2 is 1.88 bits per heavy atom. The lowest BCUT2D eigenvalue weighted by atomic mass is 9.42. The average molecular weight is 352 g/mol. The predicted molar refractivity (Wildman–Crippen MR) is 89.4 cm³/mol. The molecule has 140 valence electrons. The molecule has 4 aliphatic carbocycles. The highest BCUT2D eigenvalue weighted by Gasteiger charge is 2.66. The zero-order valence-electron chi connectivity index (χ0n) is 15.1. The van der Waals surface area contributed by atoms with Gasteiger partial charge >= 0.3 is 0 Å². The molecule has 4 aliphatic rings. The molecule has 0 aliphatic heterocycles. The first-order chi connectivity index (χ1) is 11.7. The number of carbonyl (C=O) groups is 2. The van der Waals surface area contributed by atoms with E-state index in [0.717, 1.165) is 12.8 Å². The van der Waals surface area contributed by atoms with Crippen molar-refractivity contribution in [1.82, 2.24) is 0 Å². The Hall–Kier alpha value is -0.810. The number of Topliss-reactive ketones (excluding diaryl/α,β-unsaturated/α-hetero) is 2. The third-order valence-corrected chi connectivity index (χ3v) is 8.68. The summed E-state index contributed by atoms with van der Waals surface area (Å²) in [5.74, 6) is -0.575. The lowest BCUT2D eigenvalue weighted by molar-refractivity contribution is -0.196. The van der Waals surface area contributed by atoms with Crippen molar-refractivity contribution in [2.24, 2.45) is 40.4 Å². The molecule has 9 atom stereocenters. The van der Waals surface area contributed by atoms with Gasteiger partial charge in [0.2, 0.25) is 0 Å². The Labute approximate surface area is 148 Å². The third-order valence-electron chi connectivity index (χ3n) is 8.68. The SMILES string of the molecule is CC12CCC3C(C(O)C(CO)C4CC(=O)CCC43C)C1CC(F)C2=O. The van der Waals surface area contributed by atoms with Gasteiger partial charge in [-0.1, -0.05) is 13.8 Å². The molecule has 0 aromatic heterocycles. The van der Waals surface area contributed by atoms with Gasteiger partial charge in [0.05, 0.1) is 6.10 Å². The number of hydrogen-bond acceptors (Lipinski definition) is 4. The van der Waals surface area contributed by atoms with Gasteiger partial charge in [-0.15, -0.1) is 0 Å². The summed E-state index contributed by atoms with van der Waals surface area (Å²) in [6.45, 7) is 3.91. The van der Waals surface area contributed by atoms with E-state index >= 15 is 0 Å². The van der Waals surface area contributed by atoms with Crippen LogP contribution in [0.25, 0.3) is 0 Å². The average Bonchev–Trinajstić information content (AvgIpc) is 2.80. The van der Waals surface area contributed by atoms with Crippen molar-refractivity contribution in [3.8, 4) is 0 Å². The van der Waals surface area contributed by atoms with Crippen LogP contribution in [0.15, 0.2) is 0 Å². The third kappa shape index (κ3) is 2.18. The number of rotatable bonds is 1.